The first-order valence-electron chi connectivity index (χ1n) is 8.65. The Morgan fingerprint density at radius 1 is 1.08 bits per heavy atom. The lowest BCUT2D eigenvalue weighted by atomic mass is 10.0. The SMILES string of the molecule is O=c1c2ccccc2ncn1CCN1CCC(O)c2ccccc2C1. The first kappa shape index (κ1) is 16.0. The van der Waals surface area contributed by atoms with Crippen molar-refractivity contribution in [2.45, 2.75) is 25.6 Å². The number of aliphatic hydroxyl groups excluding tert-OH is 1. The summed E-state index contributed by atoms with van der Waals surface area (Å²) in [5.41, 5.74) is 2.92. The number of fused-ring (bicyclic) bond motifs is 2. The van der Waals surface area contributed by atoms with Crippen LogP contribution in [0.1, 0.15) is 23.7 Å². The van der Waals surface area contributed by atoms with Gasteiger partial charge in [-0.3, -0.25) is 14.3 Å². The molecule has 1 unspecified atom stereocenters. The molecule has 0 saturated heterocycles. The van der Waals surface area contributed by atoms with Gasteiger partial charge in [-0.25, -0.2) is 4.98 Å². The van der Waals surface area contributed by atoms with Crippen molar-refractivity contribution in [3.8, 4) is 0 Å². The Kier molecular flexibility index (Phi) is 4.34. The summed E-state index contributed by atoms with van der Waals surface area (Å²) in [4.78, 5) is 19.2. The Hall–Kier alpha value is -2.50. The van der Waals surface area contributed by atoms with E-state index in [0.29, 0.717) is 18.4 Å². The lowest BCUT2D eigenvalue weighted by Gasteiger charge is -2.20. The number of hydrogen-bond acceptors (Lipinski definition) is 4. The highest BCUT2D eigenvalue weighted by Crippen LogP contribution is 2.26. The molecule has 1 atom stereocenters. The van der Waals surface area contributed by atoms with Crippen LogP contribution in [0.5, 0.6) is 0 Å². The molecular formula is C20H21N3O2. The van der Waals surface area contributed by atoms with Gasteiger partial charge >= 0.3 is 0 Å². The first-order chi connectivity index (χ1) is 12.2. The molecule has 0 radical (unpaired) electrons. The summed E-state index contributed by atoms with van der Waals surface area (Å²) < 4.78 is 1.68. The van der Waals surface area contributed by atoms with Gasteiger partial charge in [0.1, 0.15) is 0 Å². The third kappa shape index (κ3) is 3.21. The van der Waals surface area contributed by atoms with Crippen LogP contribution in [0.25, 0.3) is 10.9 Å². The molecule has 2 heterocycles. The Labute approximate surface area is 146 Å². The Morgan fingerprint density at radius 3 is 2.80 bits per heavy atom. The fraction of sp³-hybridized carbons (Fsp3) is 0.300. The standard InChI is InChI=1S/C20H21N3O2/c24-19-9-10-22(13-15-5-1-2-6-16(15)19)11-12-23-14-21-18-8-4-3-7-17(18)20(23)25/h1-8,14,19,24H,9-13H2. The molecule has 0 saturated carbocycles. The van der Waals surface area contributed by atoms with Crippen LogP contribution < -0.4 is 5.56 Å². The summed E-state index contributed by atoms with van der Waals surface area (Å²) in [6, 6.07) is 15.5. The molecule has 5 heteroatoms. The minimum atomic E-state index is -0.411. The molecular weight excluding hydrogens is 314 g/mol. The van der Waals surface area contributed by atoms with Crippen molar-refractivity contribution in [3.63, 3.8) is 0 Å². The van der Waals surface area contributed by atoms with Gasteiger partial charge in [0.25, 0.3) is 5.56 Å². The minimum Gasteiger partial charge on any atom is -0.388 e. The van der Waals surface area contributed by atoms with Crippen LogP contribution in [-0.2, 0) is 13.1 Å². The minimum absolute atomic E-state index is 0.000793. The van der Waals surface area contributed by atoms with Crippen LogP contribution in [-0.4, -0.2) is 32.6 Å². The van der Waals surface area contributed by atoms with Crippen LogP contribution in [0.2, 0.25) is 0 Å². The van der Waals surface area contributed by atoms with Gasteiger partial charge in [-0.2, -0.15) is 0 Å². The van der Waals surface area contributed by atoms with Crippen molar-refractivity contribution in [2.75, 3.05) is 13.1 Å². The number of para-hydroxylation sites is 1. The van der Waals surface area contributed by atoms with Gasteiger partial charge in [-0.05, 0) is 29.7 Å². The van der Waals surface area contributed by atoms with Gasteiger partial charge in [0.05, 0.1) is 23.3 Å². The number of aliphatic hydroxyl groups is 1. The molecule has 1 N–H and O–H groups in total. The number of nitrogens with zero attached hydrogens (tertiary/aromatic N) is 3. The molecule has 128 valence electrons. The molecule has 0 amide bonds. The summed E-state index contributed by atoms with van der Waals surface area (Å²) in [6.07, 6.45) is 1.93. The number of hydrogen-bond donors (Lipinski definition) is 1. The second-order valence-corrected chi connectivity index (χ2v) is 6.54. The third-order valence-electron chi connectivity index (χ3n) is 4.92. The maximum atomic E-state index is 12.6. The van der Waals surface area contributed by atoms with E-state index in [2.05, 4.69) is 16.0 Å². The highest BCUT2D eigenvalue weighted by molar-refractivity contribution is 5.76. The Bertz CT molecular complexity index is 951. The molecule has 3 aromatic rings. The van der Waals surface area contributed by atoms with Gasteiger partial charge in [-0.15, -0.1) is 0 Å². The number of rotatable bonds is 3. The molecule has 0 fully saturated rings. The van der Waals surface area contributed by atoms with E-state index in [1.165, 1.54) is 0 Å². The molecule has 1 aliphatic heterocycles. The Balaban J connectivity index is 1.52. The van der Waals surface area contributed by atoms with E-state index in [-0.39, 0.29) is 5.56 Å². The lowest BCUT2D eigenvalue weighted by Crippen LogP contribution is -2.31. The number of benzene rings is 2. The summed E-state index contributed by atoms with van der Waals surface area (Å²) >= 11 is 0. The quantitative estimate of drug-likeness (QED) is 0.798. The monoisotopic (exact) mass is 335 g/mol. The normalized spacial score (nSPS) is 18.0. The van der Waals surface area contributed by atoms with Gasteiger partial charge in [0.2, 0.25) is 0 Å². The predicted molar refractivity (Wildman–Crippen MR) is 97.3 cm³/mol. The largest absolute Gasteiger partial charge is 0.388 e. The van der Waals surface area contributed by atoms with E-state index in [4.69, 9.17) is 0 Å². The van der Waals surface area contributed by atoms with Gasteiger partial charge < -0.3 is 5.11 Å². The average molecular weight is 335 g/mol. The van der Waals surface area contributed by atoms with E-state index in [1.807, 2.05) is 42.5 Å². The van der Waals surface area contributed by atoms with Crippen molar-refractivity contribution in [2.24, 2.45) is 0 Å². The van der Waals surface area contributed by atoms with E-state index in [0.717, 1.165) is 36.3 Å². The highest BCUT2D eigenvalue weighted by Gasteiger charge is 2.20. The molecule has 5 nitrogen and oxygen atoms in total. The number of aromatic nitrogens is 2. The van der Waals surface area contributed by atoms with Crippen LogP contribution in [0.3, 0.4) is 0 Å². The summed E-state index contributed by atoms with van der Waals surface area (Å²) in [6.45, 7) is 2.95. The zero-order chi connectivity index (χ0) is 17.2. The fourth-order valence-corrected chi connectivity index (χ4v) is 3.49. The van der Waals surface area contributed by atoms with Crippen molar-refractivity contribution in [3.05, 3.63) is 76.3 Å². The molecule has 2 aromatic carbocycles. The van der Waals surface area contributed by atoms with Gasteiger partial charge in [0, 0.05) is 26.2 Å². The van der Waals surface area contributed by atoms with E-state index >= 15 is 0 Å². The fourth-order valence-electron chi connectivity index (χ4n) is 3.49. The third-order valence-corrected chi connectivity index (χ3v) is 4.92. The smallest absolute Gasteiger partial charge is 0.261 e. The first-order valence-corrected chi connectivity index (χ1v) is 8.65. The Morgan fingerprint density at radius 2 is 1.88 bits per heavy atom. The average Bonchev–Trinajstić information content (AvgIpc) is 2.81. The van der Waals surface area contributed by atoms with Crippen LogP contribution in [0.4, 0.5) is 0 Å². The second kappa shape index (κ2) is 6.78. The van der Waals surface area contributed by atoms with E-state index < -0.39 is 6.10 Å². The molecule has 0 aliphatic carbocycles. The summed E-state index contributed by atoms with van der Waals surface area (Å²) in [5, 5.41) is 11.0. The molecule has 4 rings (SSSR count). The van der Waals surface area contributed by atoms with Gasteiger partial charge in [-0.1, -0.05) is 36.4 Å². The predicted octanol–water partition coefficient (Wildman–Crippen LogP) is 2.34. The lowest BCUT2D eigenvalue weighted by molar-refractivity contribution is 0.150. The maximum Gasteiger partial charge on any atom is 0.261 e. The van der Waals surface area contributed by atoms with Gasteiger partial charge in [0.15, 0.2) is 0 Å². The zero-order valence-corrected chi connectivity index (χ0v) is 14.0. The molecule has 0 spiro atoms. The van der Waals surface area contributed by atoms with Crippen LogP contribution >= 0.6 is 0 Å². The van der Waals surface area contributed by atoms with Crippen LogP contribution in [0.15, 0.2) is 59.7 Å². The van der Waals surface area contributed by atoms with Crippen molar-refractivity contribution < 1.29 is 5.11 Å². The van der Waals surface area contributed by atoms with E-state index in [9.17, 15) is 9.90 Å². The topological polar surface area (TPSA) is 58.4 Å². The van der Waals surface area contributed by atoms with Crippen LogP contribution in [0, 0.1) is 0 Å². The van der Waals surface area contributed by atoms with Crippen molar-refractivity contribution in [1.29, 1.82) is 0 Å². The zero-order valence-electron chi connectivity index (χ0n) is 14.0. The molecule has 25 heavy (non-hydrogen) atoms. The summed E-state index contributed by atoms with van der Waals surface area (Å²) in [7, 11) is 0. The van der Waals surface area contributed by atoms with Crippen molar-refractivity contribution in [1.82, 2.24) is 14.5 Å². The highest BCUT2D eigenvalue weighted by atomic mass is 16.3. The van der Waals surface area contributed by atoms with Crippen molar-refractivity contribution >= 4 is 10.9 Å². The second-order valence-electron chi connectivity index (χ2n) is 6.54. The van der Waals surface area contributed by atoms with E-state index in [1.54, 1.807) is 10.9 Å². The summed E-state index contributed by atoms with van der Waals surface area (Å²) in [5.74, 6) is 0. The maximum absolute atomic E-state index is 12.6. The molecule has 1 aliphatic rings. The molecule has 1 aromatic heterocycles. The molecule has 0 bridgehead atoms.